The highest BCUT2D eigenvalue weighted by atomic mass is 32.2. The van der Waals surface area contributed by atoms with Crippen LogP contribution in [0.1, 0.15) is 16.0 Å². The number of aryl methyl sites for hydroxylation is 2. The lowest BCUT2D eigenvalue weighted by Gasteiger charge is -2.20. The highest BCUT2D eigenvalue weighted by Gasteiger charge is 2.23. The van der Waals surface area contributed by atoms with Crippen molar-refractivity contribution in [2.24, 2.45) is 0 Å². The van der Waals surface area contributed by atoms with E-state index in [0.29, 0.717) is 30.0 Å². The van der Waals surface area contributed by atoms with Crippen LogP contribution in [0, 0.1) is 13.8 Å². The molecule has 128 valence electrons. The van der Waals surface area contributed by atoms with Crippen molar-refractivity contribution in [3.8, 4) is 5.75 Å². The number of amides is 1. The van der Waals surface area contributed by atoms with Gasteiger partial charge < -0.3 is 10.1 Å². The summed E-state index contributed by atoms with van der Waals surface area (Å²) in [5.74, 6) is 0.122. The first-order chi connectivity index (χ1) is 11.4. The molecule has 1 aromatic carbocycles. The monoisotopic (exact) mass is 366 g/mol. The average Bonchev–Trinajstić information content (AvgIpc) is 2.91. The van der Waals surface area contributed by atoms with Gasteiger partial charge >= 0.3 is 0 Å². The van der Waals surface area contributed by atoms with Crippen molar-refractivity contribution in [2.75, 3.05) is 18.5 Å². The van der Waals surface area contributed by atoms with Crippen molar-refractivity contribution in [1.82, 2.24) is 4.72 Å². The molecule has 3 rings (SSSR count). The Balaban J connectivity index is 1.77. The molecule has 0 radical (unpaired) electrons. The molecule has 2 heterocycles. The third-order valence-electron chi connectivity index (χ3n) is 3.81. The quantitative estimate of drug-likeness (QED) is 0.850. The van der Waals surface area contributed by atoms with Gasteiger partial charge in [-0.3, -0.25) is 4.79 Å². The van der Waals surface area contributed by atoms with Crippen molar-refractivity contribution >= 4 is 33.0 Å². The summed E-state index contributed by atoms with van der Waals surface area (Å²) in [5, 5.41) is 4.67. The fraction of sp³-hybridized carbons (Fsp3) is 0.312. The topological polar surface area (TPSA) is 84.5 Å². The SMILES string of the molecule is Cc1cc2c(cc1S(=O)(=O)NCCc1sccc1C)OCC(=O)N2. The van der Waals surface area contributed by atoms with Crippen molar-refractivity contribution in [3.63, 3.8) is 0 Å². The predicted octanol–water partition coefficient (Wildman–Crippen LogP) is 2.22. The number of hydrogen-bond donors (Lipinski definition) is 2. The predicted molar refractivity (Wildman–Crippen MR) is 93.3 cm³/mol. The van der Waals surface area contributed by atoms with Crippen LogP contribution in [0.15, 0.2) is 28.5 Å². The number of sulfonamides is 1. The molecule has 1 amide bonds. The number of hydrogen-bond acceptors (Lipinski definition) is 5. The Bertz CT molecular complexity index is 887. The van der Waals surface area contributed by atoms with E-state index in [9.17, 15) is 13.2 Å². The van der Waals surface area contributed by atoms with E-state index >= 15 is 0 Å². The van der Waals surface area contributed by atoms with Crippen molar-refractivity contribution in [3.05, 3.63) is 39.6 Å². The fourth-order valence-electron chi connectivity index (χ4n) is 2.54. The van der Waals surface area contributed by atoms with Crippen molar-refractivity contribution < 1.29 is 17.9 Å². The minimum atomic E-state index is -3.64. The summed E-state index contributed by atoms with van der Waals surface area (Å²) in [7, 11) is -3.64. The normalized spacial score (nSPS) is 14.0. The number of thiophene rings is 1. The van der Waals surface area contributed by atoms with E-state index < -0.39 is 10.0 Å². The van der Waals surface area contributed by atoms with Gasteiger partial charge in [0.05, 0.1) is 10.6 Å². The van der Waals surface area contributed by atoms with Gasteiger partial charge in [0.25, 0.3) is 5.91 Å². The number of fused-ring (bicyclic) bond motifs is 1. The van der Waals surface area contributed by atoms with Crippen LogP contribution in [0.4, 0.5) is 5.69 Å². The molecule has 0 aliphatic carbocycles. The van der Waals surface area contributed by atoms with Crippen LogP contribution < -0.4 is 14.8 Å². The smallest absolute Gasteiger partial charge is 0.262 e. The van der Waals surface area contributed by atoms with E-state index in [1.807, 2.05) is 18.4 Å². The molecular weight excluding hydrogens is 348 g/mol. The molecule has 0 atom stereocenters. The number of benzene rings is 1. The molecule has 6 nitrogen and oxygen atoms in total. The molecule has 1 aliphatic rings. The first-order valence-corrected chi connectivity index (χ1v) is 9.83. The summed E-state index contributed by atoms with van der Waals surface area (Å²) in [5.41, 5.74) is 2.23. The zero-order valence-electron chi connectivity index (χ0n) is 13.4. The molecular formula is C16H18N2O4S2. The standard InChI is InChI=1S/C16H18N2O4S2/c1-10-4-6-23-14(10)3-5-17-24(20,21)15-8-13-12(7-11(15)2)18-16(19)9-22-13/h4,6-8,17H,3,5,9H2,1-2H3,(H,18,19). The number of carbonyl (C=O) groups is 1. The van der Waals surface area contributed by atoms with E-state index in [0.717, 1.165) is 0 Å². The molecule has 0 fully saturated rings. The summed E-state index contributed by atoms with van der Waals surface area (Å²) in [6.45, 7) is 3.93. The maximum Gasteiger partial charge on any atom is 0.262 e. The third kappa shape index (κ3) is 3.45. The minimum absolute atomic E-state index is 0.110. The Morgan fingerprint density at radius 2 is 2.08 bits per heavy atom. The van der Waals surface area contributed by atoms with Gasteiger partial charge in [-0.25, -0.2) is 13.1 Å². The van der Waals surface area contributed by atoms with E-state index in [-0.39, 0.29) is 17.4 Å². The second-order valence-electron chi connectivity index (χ2n) is 5.63. The van der Waals surface area contributed by atoms with Gasteiger partial charge in [0.15, 0.2) is 6.61 Å². The van der Waals surface area contributed by atoms with Crippen LogP contribution in [-0.4, -0.2) is 27.5 Å². The Morgan fingerprint density at radius 1 is 1.29 bits per heavy atom. The summed E-state index contributed by atoms with van der Waals surface area (Å²) < 4.78 is 33.1. The maximum absolute atomic E-state index is 12.6. The van der Waals surface area contributed by atoms with Gasteiger partial charge in [0.1, 0.15) is 5.75 Å². The minimum Gasteiger partial charge on any atom is -0.482 e. The van der Waals surface area contributed by atoms with Gasteiger partial charge in [-0.2, -0.15) is 0 Å². The van der Waals surface area contributed by atoms with Crippen LogP contribution >= 0.6 is 11.3 Å². The Morgan fingerprint density at radius 3 is 2.79 bits per heavy atom. The molecule has 0 spiro atoms. The first kappa shape index (κ1) is 16.9. The number of anilines is 1. The highest BCUT2D eigenvalue weighted by Crippen LogP contribution is 2.32. The fourth-order valence-corrected chi connectivity index (χ4v) is 4.72. The lowest BCUT2D eigenvalue weighted by molar-refractivity contribution is -0.118. The molecule has 0 bridgehead atoms. The zero-order chi connectivity index (χ0) is 17.3. The van der Waals surface area contributed by atoms with Crippen LogP contribution in [-0.2, 0) is 21.2 Å². The second-order valence-corrected chi connectivity index (χ2v) is 8.36. The molecule has 2 aromatic rings. The summed E-state index contributed by atoms with van der Waals surface area (Å²) in [6, 6.07) is 5.10. The number of nitrogens with one attached hydrogen (secondary N) is 2. The van der Waals surface area contributed by atoms with Gasteiger partial charge in [-0.1, -0.05) is 0 Å². The number of ether oxygens (including phenoxy) is 1. The summed E-state index contributed by atoms with van der Waals surface area (Å²) in [4.78, 5) is 12.7. The van der Waals surface area contributed by atoms with E-state index in [1.165, 1.54) is 16.5 Å². The van der Waals surface area contributed by atoms with Gasteiger partial charge in [-0.05, 0) is 48.9 Å². The van der Waals surface area contributed by atoms with Crippen LogP contribution in [0.3, 0.4) is 0 Å². The summed E-state index contributed by atoms with van der Waals surface area (Å²) >= 11 is 1.62. The van der Waals surface area contributed by atoms with Gasteiger partial charge in [0, 0.05) is 17.5 Å². The lowest BCUT2D eigenvalue weighted by atomic mass is 10.2. The maximum atomic E-state index is 12.6. The van der Waals surface area contributed by atoms with E-state index in [1.54, 1.807) is 24.3 Å². The third-order valence-corrected chi connectivity index (χ3v) is 6.50. The van der Waals surface area contributed by atoms with Crippen molar-refractivity contribution in [1.29, 1.82) is 0 Å². The Labute approximate surface area is 144 Å². The largest absolute Gasteiger partial charge is 0.482 e. The number of carbonyl (C=O) groups excluding carboxylic acids is 1. The Hall–Kier alpha value is -1.90. The molecule has 1 aliphatic heterocycles. The highest BCUT2D eigenvalue weighted by molar-refractivity contribution is 7.89. The summed E-state index contributed by atoms with van der Waals surface area (Å²) in [6.07, 6.45) is 0.652. The molecule has 1 aromatic heterocycles. The zero-order valence-corrected chi connectivity index (χ0v) is 15.0. The molecule has 0 saturated carbocycles. The van der Waals surface area contributed by atoms with E-state index in [4.69, 9.17) is 4.74 Å². The van der Waals surface area contributed by atoms with Crippen LogP contribution in [0.2, 0.25) is 0 Å². The van der Waals surface area contributed by atoms with Crippen molar-refractivity contribution in [2.45, 2.75) is 25.2 Å². The van der Waals surface area contributed by atoms with Crippen LogP contribution in [0.25, 0.3) is 0 Å². The second kappa shape index (κ2) is 6.54. The van der Waals surface area contributed by atoms with E-state index in [2.05, 4.69) is 10.0 Å². The lowest BCUT2D eigenvalue weighted by Crippen LogP contribution is -2.28. The molecule has 8 heteroatoms. The van der Waals surface area contributed by atoms with Crippen LogP contribution in [0.5, 0.6) is 5.75 Å². The molecule has 0 saturated heterocycles. The number of rotatable bonds is 5. The Kier molecular flexibility index (Phi) is 4.62. The average molecular weight is 366 g/mol. The molecule has 2 N–H and O–H groups in total. The van der Waals surface area contributed by atoms with Gasteiger partial charge in [-0.15, -0.1) is 11.3 Å². The molecule has 0 unspecified atom stereocenters. The van der Waals surface area contributed by atoms with Gasteiger partial charge in [0.2, 0.25) is 10.0 Å². The first-order valence-electron chi connectivity index (χ1n) is 7.47. The molecule has 24 heavy (non-hydrogen) atoms.